The number of carbonyl (C=O) groups is 1. The number of thiazole rings is 1. The number of benzene rings is 1. The van der Waals surface area contributed by atoms with E-state index in [0.29, 0.717) is 5.69 Å². The van der Waals surface area contributed by atoms with Gasteiger partial charge < -0.3 is 10.2 Å². The molecule has 2 aromatic rings. The molecule has 5 nitrogen and oxygen atoms in total. The lowest BCUT2D eigenvalue weighted by Gasteiger charge is -2.35. The van der Waals surface area contributed by atoms with Crippen LogP contribution in [0.15, 0.2) is 35.7 Å². The Labute approximate surface area is 133 Å². The van der Waals surface area contributed by atoms with E-state index in [9.17, 15) is 10.1 Å². The largest absolute Gasteiger partial charge is 0.332 e. The highest BCUT2D eigenvalue weighted by Crippen LogP contribution is 2.32. The van der Waals surface area contributed by atoms with Crippen molar-refractivity contribution in [3.8, 4) is 6.07 Å². The van der Waals surface area contributed by atoms with Gasteiger partial charge in [0.1, 0.15) is 11.2 Å². The molecule has 1 fully saturated rings. The number of hydrogen-bond donors (Lipinski definition) is 1. The molecule has 1 aromatic heterocycles. The zero-order valence-corrected chi connectivity index (χ0v) is 13.1. The van der Waals surface area contributed by atoms with Crippen LogP contribution >= 0.6 is 11.3 Å². The van der Waals surface area contributed by atoms with Crippen LogP contribution in [0.3, 0.4) is 0 Å². The number of aromatic nitrogens is 1. The molecule has 1 N–H and O–H groups in total. The minimum absolute atomic E-state index is 0.273. The third-order valence-electron chi connectivity index (χ3n) is 3.93. The van der Waals surface area contributed by atoms with E-state index < -0.39 is 5.54 Å². The quantitative estimate of drug-likeness (QED) is 0.942. The van der Waals surface area contributed by atoms with Crippen molar-refractivity contribution in [2.24, 2.45) is 0 Å². The van der Waals surface area contributed by atoms with Gasteiger partial charge in [0.05, 0.1) is 6.07 Å². The normalized spacial score (nSPS) is 15.5. The standard InChI is InChI=1S/C16H16N4OS/c1-20(12-6-3-2-4-7-12)15-18-13(10-22-15)14(21)19-16(11-17)8-5-9-16/h2-4,6-7,10H,5,8-9H2,1H3,(H,19,21). The van der Waals surface area contributed by atoms with Crippen LogP contribution in [0.2, 0.25) is 0 Å². The molecule has 1 heterocycles. The fourth-order valence-electron chi connectivity index (χ4n) is 2.36. The third kappa shape index (κ3) is 2.68. The van der Waals surface area contributed by atoms with E-state index in [1.54, 1.807) is 5.38 Å². The summed E-state index contributed by atoms with van der Waals surface area (Å²) in [6, 6.07) is 12.1. The van der Waals surface area contributed by atoms with E-state index in [0.717, 1.165) is 30.1 Å². The lowest BCUT2D eigenvalue weighted by atomic mass is 9.78. The van der Waals surface area contributed by atoms with Crippen molar-refractivity contribution in [2.75, 3.05) is 11.9 Å². The van der Waals surface area contributed by atoms with Crippen molar-refractivity contribution in [1.82, 2.24) is 10.3 Å². The smallest absolute Gasteiger partial charge is 0.272 e. The molecule has 112 valence electrons. The predicted molar refractivity (Wildman–Crippen MR) is 86.3 cm³/mol. The highest BCUT2D eigenvalue weighted by molar-refractivity contribution is 7.14. The van der Waals surface area contributed by atoms with Gasteiger partial charge in [-0.15, -0.1) is 11.3 Å². The van der Waals surface area contributed by atoms with Crippen LogP contribution in [0.25, 0.3) is 0 Å². The zero-order chi connectivity index (χ0) is 15.6. The Morgan fingerprint density at radius 2 is 2.14 bits per heavy atom. The first-order valence-electron chi connectivity index (χ1n) is 7.12. The number of rotatable bonds is 4. The van der Waals surface area contributed by atoms with Gasteiger partial charge in [-0.25, -0.2) is 4.98 Å². The second-order valence-electron chi connectivity index (χ2n) is 5.41. The summed E-state index contributed by atoms with van der Waals surface area (Å²) in [4.78, 5) is 18.6. The Balaban J connectivity index is 1.74. The fraction of sp³-hybridized carbons (Fsp3) is 0.312. The predicted octanol–water partition coefficient (Wildman–Crippen LogP) is 3.09. The molecular formula is C16H16N4OS. The summed E-state index contributed by atoms with van der Waals surface area (Å²) in [5.41, 5.74) is 0.687. The molecule has 0 spiro atoms. The van der Waals surface area contributed by atoms with Crippen molar-refractivity contribution < 1.29 is 4.79 Å². The van der Waals surface area contributed by atoms with Gasteiger partial charge in [-0.1, -0.05) is 18.2 Å². The van der Waals surface area contributed by atoms with Crippen LogP contribution in [0, 0.1) is 11.3 Å². The summed E-state index contributed by atoms with van der Waals surface area (Å²) in [6.45, 7) is 0. The molecular weight excluding hydrogens is 296 g/mol. The van der Waals surface area contributed by atoms with Gasteiger partial charge in [-0.05, 0) is 31.4 Å². The molecule has 1 aliphatic rings. The molecule has 1 aliphatic carbocycles. The number of amides is 1. The molecule has 0 unspecified atom stereocenters. The van der Waals surface area contributed by atoms with Gasteiger partial charge in [0, 0.05) is 18.1 Å². The van der Waals surface area contributed by atoms with Gasteiger partial charge in [0.15, 0.2) is 5.13 Å². The van der Waals surface area contributed by atoms with E-state index in [1.165, 1.54) is 11.3 Å². The number of carbonyl (C=O) groups excluding carboxylic acids is 1. The van der Waals surface area contributed by atoms with Crippen molar-refractivity contribution >= 4 is 28.1 Å². The fourth-order valence-corrected chi connectivity index (χ4v) is 3.15. The monoisotopic (exact) mass is 312 g/mol. The summed E-state index contributed by atoms with van der Waals surface area (Å²) < 4.78 is 0. The topological polar surface area (TPSA) is 69.0 Å². The lowest BCUT2D eigenvalue weighted by Crippen LogP contribution is -2.52. The first-order valence-corrected chi connectivity index (χ1v) is 8.00. The molecule has 0 radical (unpaired) electrons. The van der Waals surface area contributed by atoms with Gasteiger partial charge in [-0.2, -0.15) is 5.26 Å². The molecule has 1 aromatic carbocycles. The van der Waals surface area contributed by atoms with Crippen LogP contribution in [0.5, 0.6) is 0 Å². The average molecular weight is 312 g/mol. The van der Waals surface area contributed by atoms with Crippen LogP contribution in [0.1, 0.15) is 29.8 Å². The number of anilines is 2. The van der Waals surface area contributed by atoms with Gasteiger partial charge in [-0.3, -0.25) is 4.79 Å². The summed E-state index contributed by atoms with van der Waals surface area (Å²) in [5, 5.41) is 14.5. The van der Waals surface area contributed by atoms with Gasteiger partial charge in [0.2, 0.25) is 0 Å². The van der Waals surface area contributed by atoms with Crippen molar-refractivity contribution in [2.45, 2.75) is 24.8 Å². The summed E-state index contributed by atoms with van der Waals surface area (Å²) >= 11 is 1.41. The van der Waals surface area contributed by atoms with Crippen LogP contribution < -0.4 is 10.2 Å². The zero-order valence-electron chi connectivity index (χ0n) is 12.2. The third-order valence-corrected chi connectivity index (χ3v) is 4.85. The van der Waals surface area contributed by atoms with Crippen molar-refractivity contribution in [1.29, 1.82) is 5.26 Å². The van der Waals surface area contributed by atoms with E-state index in [4.69, 9.17) is 0 Å². The van der Waals surface area contributed by atoms with Crippen molar-refractivity contribution in [3.05, 3.63) is 41.4 Å². The molecule has 0 atom stereocenters. The molecule has 1 saturated carbocycles. The van der Waals surface area contributed by atoms with E-state index in [-0.39, 0.29) is 5.91 Å². The Morgan fingerprint density at radius 1 is 1.41 bits per heavy atom. The minimum atomic E-state index is -0.688. The second-order valence-corrected chi connectivity index (χ2v) is 6.25. The molecule has 6 heteroatoms. The second kappa shape index (κ2) is 5.78. The average Bonchev–Trinajstić information content (AvgIpc) is 3.01. The first-order chi connectivity index (χ1) is 10.6. The van der Waals surface area contributed by atoms with Gasteiger partial charge >= 0.3 is 0 Å². The summed E-state index contributed by atoms with van der Waals surface area (Å²) in [7, 11) is 1.92. The SMILES string of the molecule is CN(c1ccccc1)c1nc(C(=O)NC2(C#N)CCC2)cs1. The van der Waals surface area contributed by atoms with Crippen LogP contribution in [0.4, 0.5) is 10.8 Å². The summed E-state index contributed by atoms with van der Waals surface area (Å²) in [5.74, 6) is -0.273. The summed E-state index contributed by atoms with van der Waals surface area (Å²) in [6.07, 6.45) is 2.42. The highest BCUT2D eigenvalue weighted by Gasteiger charge is 2.39. The highest BCUT2D eigenvalue weighted by atomic mass is 32.1. The van der Waals surface area contributed by atoms with Gasteiger partial charge in [0.25, 0.3) is 5.91 Å². The number of para-hydroxylation sites is 1. The number of nitriles is 1. The molecule has 3 rings (SSSR count). The molecule has 0 saturated heterocycles. The Hall–Kier alpha value is -2.39. The van der Waals surface area contributed by atoms with Crippen LogP contribution in [-0.2, 0) is 0 Å². The maximum atomic E-state index is 12.2. The van der Waals surface area contributed by atoms with Crippen LogP contribution in [-0.4, -0.2) is 23.5 Å². The molecule has 1 amide bonds. The maximum absolute atomic E-state index is 12.2. The molecule has 0 aliphatic heterocycles. The maximum Gasteiger partial charge on any atom is 0.272 e. The Kier molecular flexibility index (Phi) is 3.82. The van der Waals surface area contributed by atoms with E-state index in [1.807, 2.05) is 42.3 Å². The van der Waals surface area contributed by atoms with E-state index >= 15 is 0 Å². The van der Waals surface area contributed by atoms with Crippen molar-refractivity contribution in [3.63, 3.8) is 0 Å². The Morgan fingerprint density at radius 3 is 2.73 bits per heavy atom. The minimum Gasteiger partial charge on any atom is -0.332 e. The Bertz CT molecular complexity index is 715. The number of nitrogens with one attached hydrogen (secondary N) is 1. The molecule has 0 bridgehead atoms. The molecule has 22 heavy (non-hydrogen) atoms. The first kappa shape index (κ1) is 14.5. The lowest BCUT2D eigenvalue weighted by molar-refractivity contribution is 0.0877. The number of nitrogens with zero attached hydrogens (tertiary/aromatic N) is 3. The van der Waals surface area contributed by atoms with E-state index in [2.05, 4.69) is 16.4 Å². The number of hydrogen-bond acceptors (Lipinski definition) is 5.